The molecule has 1 amide bonds. The maximum absolute atomic E-state index is 13.0. The number of carbonyl (C=O) groups is 1. The first kappa shape index (κ1) is 12.8. The number of anilines is 1. The molecule has 0 aliphatic rings. The summed E-state index contributed by atoms with van der Waals surface area (Å²) in [6.07, 6.45) is 0. The van der Waals surface area contributed by atoms with Crippen LogP contribution in [-0.2, 0) is 4.79 Å². The topological polar surface area (TPSA) is 32.3 Å². The van der Waals surface area contributed by atoms with Gasteiger partial charge in [0.15, 0.2) is 0 Å². The minimum atomic E-state index is -0.425. The monoisotopic (exact) mass is 244 g/mol. The van der Waals surface area contributed by atoms with Crippen molar-refractivity contribution < 1.29 is 9.18 Å². The largest absolute Gasteiger partial charge is 0.376 e. The van der Waals surface area contributed by atoms with Crippen molar-refractivity contribution in [2.45, 2.75) is 6.92 Å². The van der Waals surface area contributed by atoms with Crippen molar-refractivity contribution >= 4 is 23.2 Å². The van der Waals surface area contributed by atoms with E-state index >= 15 is 0 Å². The lowest BCUT2D eigenvalue weighted by Crippen LogP contribution is -2.31. The fourth-order valence-electron chi connectivity index (χ4n) is 1.14. The highest BCUT2D eigenvalue weighted by molar-refractivity contribution is 6.30. The van der Waals surface area contributed by atoms with Gasteiger partial charge in [-0.25, -0.2) is 4.39 Å². The fourth-order valence-corrected chi connectivity index (χ4v) is 1.37. The number of amides is 1. The zero-order valence-electron chi connectivity index (χ0n) is 9.26. The molecule has 0 saturated heterocycles. The summed E-state index contributed by atoms with van der Waals surface area (Å²) in [5.41, 5.74) is 0.503. The van der Waals surface area contributed by atoms with Crippen LogP contribution in [0.1, 0.15) is 6.92 Å². The molecule has 0 bridgehead atoms. The van der Waals surface area contributed by atoms with Gasteiger partial charge in [0.2, 0.25) is 5.91 Å². The number of rotatable bonds is 4. The van der Waals surface area contributed by atoms with Crippen LogP contribution in [-0.4, -0.2) is 30.9 Å². The first-order chi connectivity index (χ1) is 7.52. The van der Waals surface area contributed by atoms with E-state index in [0.717, 1.165) is 0 Å². The van der Waals surface area contributed by atoms with Crippen LogP contribution in [0.4, 0.5) is 10.1 Å². The Balaban J connectivity index is 2.58. The number of likely N-dealkylation sites (N-methyl/N-ethyl adjacent to an activating group) is 1. The van der Waals surface area contributed by atoms with Gasteiger partial charge in [-0.1, -0.05) is 11.6 Å². The average Bonchev–Trinajstić information content (AvgIpc) is 2.23. The van der Waals surface area contributed by atoms with Gasteiger partial charge in [0.1, 0.15) is 5.82 Å². The van der Waals surface area contributed by atoms with Crippen LogP contribution in [0.2, 0.25) is 5.02 Å². The van der Waals surface area contributed by atoms with Crippen LogP contribution in [0.15, 0.2) is 18.2 Å². The summed E-state index contributed by atoms with van der Waals surface area (Å²) in [6.45, 7) is 2.66. The maximum Gasteiger partial charge on any atom is 0.241 e. The van der Waals surface area contributed by atoms with Gasteiger partial charge in [-0.2, -0.15) is 0 Å². The Morgan fingerprint density at radius 1 is 1.50 bits per heavy atom. The Morgan fingerprint density at radius 3 is 2.75 bits per heavy atom. The molecule has 0 saturated carbocycles. The molecule has 5 heteroatoms. The Kier molecular flexibility index (Phi) is 4.55. The second kappa shape index (κ2) is 5.70. The summed E-state index contributed by atoms with van der Waals surface area (Å²) in [4.78, 5) is 13.0. The summed E-state index contributed by atoms with van der Waals surface area (Å²) < 4.78 is 13.0. The molecule has 0 radical (unpaired) electrons. The average molecular weight is 245 g/mol. The highest BCUT2D eigenvalue weighted by atomic mass is 35.5. The van der Waals surface area contributed by atoms with Crippen LogP contribution in [0.5, 0.6) is 0 Å². The molecule has 0 aromatic heterocycles. The van der Waals surface area contributed by atoms with E-state index in [4.69, 9.17) is 11.6 Å². The summed E-state index contributed by atoms with van der Waals surface area (Å²) in [6, 6.07) is 4.09. The van der Waals surface area contributed by atoms with Crippen molar-refractivity contribution in [1.29, 1.82) is 0 Å². The van der Waals surface area contributed by atoms with E-state index in [1.165, 1.54) is 12.1 Å². The van der Waals surface area contributed by atoms with E-state index in [2.05, 4.69) is 5.32 Å². The van der Waals surface area contributed by atoms with Gasteiger partial charge < -0.3 is 10.2 Å². The van der Waals surface area contributed by atoms with Gasteiger partial charge in [-0.3, -0.25) is 4.79 Å². The third kappa shape index (κ3) is 3.70. The first-order valence-corrected chi connectivity index (χ1v) is 5.34. The van der Waals surface area contributed by atoms with Crippen LogP contribution in [0, 0.1) is 5.82 Å². The van der Waals surface area contributed by atoms with Gasteiger partial charge in [-0.05, 0) is 25.1 Å². The summed E-state index contributed by atoms with van der Waals surface area (Å²) in [5, 5.41) is 3.13. The van der Waals surface area contributed by atoms with E-state index < -0.39 is 5.82 Å². The number of halogens is 2. The molecule has 0 heterocycles. The molecule has 88 valence electrons. The molecule has 16 heavy (non-hydrogen) atoms. The second-order valence-corrected chi connectivity index (χ2v) is 3.86. The molecular formula is C11H14ClFN2O. The minimum absolute atomic E-state index is 0.0529. The van der Waals surface area contributed by atoms with Crippen molar-refractivity contribution in [2.24, 2.45) is 0 Å². The standard InChI is InChI=1S/C11H14ClFN2O/c1-3-15(2)11(16)7-14-10-5-8(12)4-9(13)6-10/h4-6,14H,3,7H2,1-2H3. The predicted octanol–water partition coefficient (Wildman–Crippen LogP) is 2.37. The molecule has 0 aliphatic heterocycles. The van der Waals surface area contributed by atoms with E-state index in [1.807, 2.05) is 6.92 Å². The molecule has 0 atom stereocenters. The SMILES string of the molecule is CCN(C)C(=O)CNc1cc(F)cc(Cl)c1. The number of hydrogen-bond acceptors (Lipinski definition) is 2. The summed E-state index contributed by atoms with van der Waals surface area (Å²) in [7, 11) is 1.71. The van der Waals surface area contributed by atoms with Crippen molar-refractivity contribution in [1.82, 2.24) is 4.90 Å². The molecular weight excluding hydrogens is 231 g/mol. The summed E-state index contributed by atoms with van der Waals surface area (Å²) in [5.74, 6) is -0.478. The molecule has 0 aliphatic carbocycles. The van der Waals surface area contributed by atoms with Gasteiger partial charge in [0, 0.05) is 24.3 Å². The van der Waals surface area contributed by atoms with Gasteiger partial charge in [-0.15, -0.1) is 0 Å². The molecule has 0 unspecified atom stereocenters. The molecule has 0 fully saturated rings. The van der Waals surface area contributed by atoms with Gasteiger partial charge in [0.05, 0.1) is 6.54 Å². The maximum atomic E-state index is 13.0. The molecule has 0 spiro atoms. The quantitative estimate of drug-likeness (QED) is 0.882. The zero-order valence-corrected chi connectivity index (χ0v) is 10.0. The van der Waals surface area contributed by atoms with Crippen molar-refractivity contribution in [3.63, 3.8) is 0 Å². The van der Waals surface area contributed by atoms with Gasteiger partial charge >= 0.3 is 0 Å². The Bertz CT molecular complexity index is 364. The molecule has 1 aromatic carbocycles. The fraction of sp³-hybridized carbons (Fsp3) is 0.364. The first-order valence-electron chi connectivity index (χ1n) is 4.97. The Labute approximate surface area is 99.2 Å². The smallest absolute Gasteiger partial charge is 0.241 e. The van der Waals surface area contributed by atoms with Crippen LogP contribution in [0.3, 0.4) is 0 Å². The lowest BCUT2D eigenvalue weighted by Gasteiger charge is -2.15. The zero-order chi connectivity index (χ0) is 12.1. The lowest BCUT2D eigenvalue weighted by molar-refractivity contribution is -0.127. The van der Waals surface area contributed by atoms with E-state index in [-0.39, 0.29) is 12.5 Å². The minimum Gasteiger partial charge on any atom is -0.376 e. The highest BCUT2D eigenvalue weighted by Gasteiger charge is 2.06. The second-order valence-electron chi connectivity index (χ2n) is 3.42. The number of benzene rings is 1. The third-order valence-corrected chi connectivity index (χ3v) is 2.42. The molecule has 1 N–H and O–H groups in total. The number of hydrogen-bond donors (Lipinski definition) is 1. The van der Waals surface area contributed by atoms with E-state index in [9.17, 15) is 9.18 Å². The normalized spacial score (nSPS) is 10.0. The molecule has 1 aromatic rings. The Morgan fingerprint density at radius 2 is 2.19 bits per heavy atom. The molecule has 1 rings (SSSR count). The summed E-state index contributed by atoms with van der Waals surface area (Å²) >= 11 is 5.68. The van der Waals surface area contributed by atoms with Crippen molar-refractivity contribution in [3.8, 4) is 0 Å². The predicted molar refractivity (Wildman–Crippen MR) is 63.2 cm³/mol. The lowest BCUT2D eigenvalue weighted by atomic mass is 10.3. The van der Waals surface area contributed by atoms with Crippen molar-refractivity contribution in [3.05, 3.63) is 29.0 Å². The Hall–Kier alpha value is -1.29. The van der Waals surface area contributed by atoms with E-state index in [1.54, 1.807) is 18.0 Å². The molecule has 3 nitrogen and oxygen atoms in total. The number of carbonyl (C=O) groups excluding carboxylic acids is 1. The van der Waals surface area contributed by atoms with Crippen molar-refractivity contribution in [2.75, 3.05) is 25.5 Å². The number of nitrogens with one attached hydrogen (secondary N) is 1. The van der Waals surface area contributed by atoms with Crippen LogP contribution in [0.25, 0.3) is 0 Å². The number of nitrogens with zero attached hydrogens (tertiary/aromatic N) is 1. The highest BCUT2D eigenvalue weighted by Crippen LogP contribution is 2.17. The van der Waals surface area contributed by atoms with Gasteiger partial charge in [0.25, 0.3) is 0 Å². The third-order valence-electron chi connectivity index (χ3n) is 2.21. The van der Waals surface area contributed by atoms with E-state index in [0.29, 0.717) is 17.3 Å². The van der Waals surface area contributed by atoms with Crippen LogP contribution < -0.4 is 5.32 Å². The van der Waals surface area contributed by atoms with Crippen LogP contribution >= 0.6 is 11.6 Å².